The molecule has 4 nitrogen and oxygen atoms in total. The first-order valence-corrected chi connectivity index (χ1v) is 8.95. The Hall–Kier alpha value is -3.66. The lowest BCUT2D eigenvalue weighted by Gasteiger charge is -2.10. The van der Waals surface area contributed by atoms with Crippen LogP contribution in [-0.2, 0) is 0 Å². The second kappa shape index (κ2) is 7.16. The second-order valence-corrected chi connectivity index (χ2v) is 6.62. The van der Waals surface area contributed by atoms with Gasteiger partial charge in [0.1, 0.15) is 11.3 Å². The molecular weight excluding hydrogens is 352 g/mol. The van der Waals surface area contributed by atoms with Gasteiger partial charge in [0.05, 0.1) is 11.1 Å². The van der Waals surface area contributed by atoms with E-state index >= 15 is 0 Å². The van der Waals surface area contributed by atoms with Crippen LogP contribution in [0, 0.1) is 13.8 Å². The van der Waals surface area contributed by atoms with Gasteiger partial charge in [0.2, 0.25) is 0 Å². The van der Waals surface area contributed by atoms with Crippen molar-refractivity contribution in [3.63, 3.8) is 0 Å². The third-order valence-corrected chi connectivity index (χ3v) is 4.78. The monoisotopic (exact) mass is 370 g/mol. The summed E-state index contributed by atoms with van der Waals surface area (Å²) in [5.41, 5.74) is 3.48. The van der Waals surface area contributed by atoms with Gasteiger partial charge in [0.25, 0.3) is 0 Å². The third kappa shape index (κ3) is 3.21. The minimum absolute atomic E-state index is 0.329. The van der Waals surface area contributed by atoms with E-state index < -0.39 is 11.6 Å². The Morgan fingerprint density at radius 1 is 0.893 bits per heavy atom. The summed E-state index contributed by atoms with van der Waals surface area (Å²) in [4.78, 5) is 25.0. The topological polar surface area (TPSA) is 56.5 Å². The Kier molecular flexibility index (Phi) is 4.53. The van der Waals surface area contributed by atoms with Gasteiger partial charge in [-0.3, -0.25) is 0 Å². The molecule has 3 aromatic carbocycles. The fraction of sp³-hybridized carbons (Fsp3) is 0.0833. The molecule has 0 spiro atoms. The molecule has 0 amide bonds. The summed E-state index contributed by atoms with van der Waals surface area (Å²) in [5.74, 6) is -0.117. The molecule has 1 heterocycles. The molecule has 4 aromatic rings. The van der Waals surface area contributed by atoms with Crippen molar-refractivity contribution in [2.75, 3.05) is 0 Å². The maximum Gasteiger partial charge on any atom is 0.344 e. The zero-order valence-electron chi connectivity index (χ0n) is 15.6. The predicted molar refractivity (Wildman–Crippen MR) is 109 cm³/mol. The summed E-state index contributed by atoms with van der Waals surface area (Å²) in [7, 11) is 0. The molecule has 0 unspecified atom stereocenters. The smallest absolute Gasteiger partial charge is 0.344 e. The van der Waals surface area contributed by atoms with Crippen molar-refractivity contribution in [3.05, 3.63) is 99.9 Å². The van der Waals surface area contributed by atoms with Gasteiger partial charge in [-0.05, 0) is 48.7 Å². The van der Waals surface area contributed by atoms with Crippen LogP contribution in [0.25, 0.3) is 22.1 Å². The van der Waals surface area contributed by atoms with E-state index in [4.69, 9.17) is 9.15 Å². The number of benzene rings is 3. The van der Waals surface area contributed by atoms with Crippen LogP contribution in [0.3, 0.4) is 0 Å². The van der Waals surface area contributed by atoms with Gasteiger partial charge in [-0.25, -0.2) is 9.59 Å². The van der Waals surface area contributed by atoms with Crippen molar-refractivity contribution in [2.24, 2.45) is 0 Å². The molecule has 0 aliphatic heterocycles. The Morgan fingerprint density at radius 3 is 2.36 bits per heavy atom. The second-order valence-electron chi connectivity index (χ2n) is 6.62. The fourth-order valence-corrected chi connectivity index (χ4v) is 3.30. The number of hydrogen-bond donors (Lipinski definition) is 0. The molecule has 0 N–H and O–H groups in total. The van der Waals surface area contributed by atoms with Crippen molar-refractivity contribution in [2.45, 2.75) is 13.8 Å². The normalized spacial score (nSPS) is 10.8. The van der Waals surface area contributed by atoms with Crippen molar-refractivity contribution in [3.8, 4) is 16.9 Å². The Morgan fingerprint density at radius 2 is 1.61 bits per heavy atom. The summed E-state index contributed by atoms with van der Waals surface area (Å²) >= 11 is 0. The largest absolute Gasteiger partial charge is 0.423 e. The first-order chi connectivity index (χ1) is 13.5. The maximum absolute atomic E-state index is 12.6. The van der Waals surface area contributed by atoms with Crippen molar-refractivity contribution < 1.29 is 13.9 Å². The van der Waals surface area contributed by atoms with Crippen molar-refractivity contribution >= 4 is 16.9 Å². The third-order valence-electron chi connectivity index (χ3n) is 4.78. The minimum atomic E-state index is -0.447. The Bertz CT molecular complexity index is 1240. The van der Waals surface area contributed by atoms with E-state index in [1.54, 1.807) is 30.3 Å². The number of fused-ring (bicyclic) bond motifs is 1. The minimum Gasteiger partial charge on any atom is -0.423 e. The van der Waals surface area contributed by atoms with Crippen LogP contribution in [0.5, 0.6) is 5.75 Å². The molecule has 1 aromatic heterocycles. The van der Waals surface area contributed by atoms with Crippen molar-refractivity contribution in [1.29, 1.82) is 0 Å². The lowest BCUT2D eigenvalue weighted by atomic mass is 10.00. The lowest BCUT2D eigenvalue weighted by molar-refractivity contribution is 0.0734. The van der Waals surface area contributed by atoms with E-state index in [0.29, 0.717) is 22.5 Å². The van der Waals surface area contributed by atoms with Gasteiger partial charge >= 0.3 is 11.6 Å². The zero-order valence-corrected chi connectivity index (χ0v) is 15.6. The molecule has 28 heavy (non-hydrogen) atoms. The standard InChI is InChI=1S/C24H18O4/c1-15-8-6-7-11-19(15)23(25)27-18-12-13-20-16(2)22(17-9-4-3-5-10-17)24(26)28-21(20)14-18/h3-14H,1-2H3. The van der Waals surface area contributed by atoms with Crippen LogP contribution in [-0.4, -0.2) is 5.97 Å². The number of rotatable bonds is 3. The van der Waals surface area contributed by atoms with E-state index in [1.165, 1.54) is 0 Å². The zero-order chi connectivity index (χ0) is 19.7. The summed E-state index contributed by atoms with van der Waals surface area (Å²) in [6.07, 6.45) is 0. The summed E-state index contributed by atoms with van der Waals surface area (Å²) in [5, 5.41) is 0.800. The molecule has 0 aliphatic carbocycles. The first-order valence-electron chi connectivity index (χ1n) is 8.95. The number of hydrogen-bond acceptors (Lipinski definition) is 4. The van der Waals surface area contributed by atoms with E-state index in [1.807, 2.05) is 56.3 Å². The molecular formula is C24H18O4. The van der Waals surface area contributed by atoms with Gasteiger partial charge in [0.15, 0.2) is 0 Å². The number of carbonyl (C=O) groups is 1. The highest BCUT2D eigenvalue weighted by Crippen LogP contribution is 2.29. The fourth-order valence-electron chi connectivity index (χ4n) is 3.30. The van der Waals surface area contributed by atoms with Crippen LogP contribution in [0.1, 0.15) is 21.5 Å². The van der Waals surface area contributed by atoms with Gasteiger partial charge in [0, 0.05) is 11.5 Å². The number of carbonyl (C=O) groups excluding carboxylic acids is 1. The van der Waals surface area contributed by atoms with E-state index in [9.17, 15) is 9.59 Å². The molecule has 0 aliphatic rings. The molecule has 0 fully saturated rings. The number of aryl methyl sites for hydroxylation is 2. The van der Waals surface area contributed by atoms with Gasteiger partial charge < -0.3 is 9.15 Å². The van der Waals surface area contributed by atoms with Crippen LogP contribution in [0.15, 0.2) is 82.0 Å². The molecule has 0 radical (unpaired) electrons. The predicted octanol–water partition coefficient (Wildman–Crippen LogP) is 5.30. The average Bonchev–Trinajstić information content (AvgIpc) is 2.69. The van der Waals surface area contributed by atoms with Gasteiger partial charge in [-0.2, -0.15) is 0 Å². The lowest BCUT2D eigenvalue weighted by Crippen LogP contribution is -2.10. The highest BCUT2D eigenvalue weighted by molar-refractivity contribution is 5.93. The number of esters is 1. The molecule has 0 saturated heterocycles. The van der Waals surface area contributed by atoms with Gasteiger partial charge in [-0.15, -0.1) is 0 Å². The van der Waals surface area contributed by atoms with E-state index in [0.717, 1.165) is 22.1 Å². The summed E-state index contributed by atoms with van der Waals surface area (Å²) in [6, 6.07) is 21.7. The van der Waals surface area contributed by atoms with Crippen molar-refractivity contribution in [1.82, 2.24) is 0 Å². The quantitative estimate of drug-likeness (QED) is 0.279. The van der Waals surface area contributed by atoms with E-state index in [2.05, 4.69) is 0 Å². The molecule has 138 valence electrons. The van der Waals surface area contributed by atoms with Crippen LogP contribution in [0.4, 0.5) is 0 Å². The molecule has 0 bridgehead atoms. The highest BCUT2D eigenvalue weighted by atomic mass is 16.5. The summed E-state index contributed by atoms with van der Waals surface area (Å²) in [6.45, 7) is 3.74. The molecule has 4 rings (SSSR count). The average molecular weight is 370 g/mol. The number of ether oxygens (including phenoxy) is 1. The van der Waals surface area contributed by atoms with E-state index in [-0.39, 0.29) is 0 Å². The Labute approximate surface area is 162 Å². The summed E-state index contributed by atoms with van der Waals surface area (Å²) < 4.78 is 11.0. The highest BCUT2D eigenvalue weighted by Gasteiger charge is 2.15. The molecule has 4 heteroatoms. The molecule has 0 saturated carbocycles. The SMILES string of the molecule is Cc1ccccc1C(=O)Oc1ccc2c(C)c(-c3ccccc3)c(=O)oc2c1. The maximum atomic E-state index is 12.6. The Balaban J connectivity index is 1.74. The van der Waals surface area contributed by atoms with Crippen LogP contribution >= 0.6 is 0 Å². The molecule has 0 atom stereocenters. The van der Waals surface area contributed by atoms with Crippen LogP contribution < -0.4 is 10.4 Å². The van der Waals surface area contributed by atoms with Crippen LogP contribution in [0.2, 0.25) is 0 Å². The first kappa shape index (κ1) is 17.7. The van der Waals surface area contributed by atoms with Gasteiger partial charge in [-0.1, -0.05) is 48.5 Å².